The van der Waals surface area contributed by atoms with Gasteiger partial charge in [-0.05, 0) is 42.7 Å². The number of carbonyl (C=O) groups excluding carboxylic acids is 2. The van der Waals surface area contributed by atoms with Crippen molar-refractivity contribution in [1.82, 2.24) is 0 Å². The van der Waals surface area contributed by atoms with E-state index in [9.17, 15) is 9.59 Å². The predicted molar refractivity (Wildman–Crippen MR) is 108 cm³/mol. The quantitative estimate of drug-likeness (QED) is 0.706. The molecule has 27 heavy (non-hydrogen) atoms. The lowest BCUT2D eigenvalue weighted by Crippen LogP contribution is -3.13. The summed E-state index contributed by atoms with van der Waals surface area (Å²) in [5.74, 6) is 0.582. The predicted octanol–water partition coefficient (Wildman–Crippen LogP) is 3.20. The summed E-state index contributed by atoms with van der Waals surface area (Å²) in [4.78, 5) is 25.2. The van der Waals surface area contributed by atoms with Crippen molar-refractivity contribution in [2.75, 3.05) is 11.9 Å². The van der Waals surface area contributed by atoms with Gasteiger partial charge >= 0.3 is 0 Å². The minimum atomic E-state index is 0.0197. The molecule has 1 amide bonds. The molecule has 1 saturated carbocycles. The van der Waals surface area contributed by atoms with Crippen molar-refractivity contribution in [3.8, 4) is 0 Å². The van der Waals surface area contributed by atoms with E-state index >= 15 is 0 Å². The van der Waals surface area contributed by atoms with Crippen LogP contribution in [0, 0.1) is 0 Å². The van der Waals surface area contributed by atoms with Crippen LogP contribution in [0.2, 0.25) is 0 Å². The van der Waals surface area contributed by atoms with Crippen molar-refractivity contribution in [3.63, 3.8) is 0 Å². The summed E-state index contributed by atoms with van der Waals surface area (Å²) < 4.78 is 0. The van der Waals surface area contributed by atoms with Gasteiger partial charge < -0.3 is 10.2 Å². The van der Waals surface area contributed by atoms with Crippen LogP contribution < -0.4 is 10.2 Å². The number of ketones is 1. The average Bonchev–Trinajstić information content (AvgIpc) is 3.47. The smallest absolute Gasteiger partial charge is 0.279 e. The van der Waals surface area contributed by atoms with Crippen molar-refractivity contribution in [3.05, 3.63) is 65.2 Å². The first-order valence-corrected chi connectivity index (χ1v) is 9.76. The summed E-state index contributed by atoms with van der Waals surface area (Å²) >= 11 is 0. The fraction of sp³-hybridized carbons (Fsp3) is 0.391. The Balaban J connectivity index is 1.59. The monoisotopic (exact) mass is 365 g/mol. The molecule has 1 aliphatic carbocycles. The Morgan fingerprint density at radius 1 is 1.04 bits per heavy atom. The Morgan fingerprint density at radius 2 is 1.67 bits per heavy atom. The molecule has 0 spiro atoms. The van der Waals surface area contributed by atoms with Crippen LogP contribution in [-0.2, 0) is 11.3 Å². The molecule has 1 aliphatic rings. The zero-order valence-electron chi connectivity index (χ0n) is 16.4. The van der Waals surface area contributed by atoms with Crippen molar-refractivity contribution in [2.24, 2.45) is 0 Å². The standard InChI is InChI=1S/C23H28N2O2/c1-16(2)19-6-4-18(5-7-19)14-25(22-12-13-22)15-23(27)24-21-10-8-20(9-11-21)17(3)26/h4-11,16,22H,12-15H2,1-3H3,(H,24,27)/p+1. The van der Waals surface area contributed by atoms with E-state index in [2.05, 4.69) is 43.4 Å². The molecule has 0 saturated heterocycles. The molecule has 2 N–H and O–H groups in total. The number of hydrogen-bond donors (Lipinski definition) is 2. The third-order valence-corrected chi connectivity index (χ3v) is 5.20. The maximum absolute atomic E-state index is 12.5. The second-order valence-corrected chi connectivity index (χ2v) is 7.86. The van der Waals surface area contributed by atoms with Crippen LogP contribution in [0.1, 0.15) is 61.0 Å². The first-order valence-electron chi connectivity index (χ1n) is 9.76. The molecule has 2 aromatic rings. The number of quaternary nitrogens is 1. The molecule has 1 fully saturated rings. The number of rotatable bonds is 8. The highest BCUT2D eigenvalue weighted by atomic mass is 16.2. The molecule has 1 unspecified atom stereocenters. The summed E-state index contributed by atoms with van der Waals surface area (Å²) in [6.07, 6.45) is 2.39. The Kier molecular flexibility index (Phi) is 6.07. The van der Waals surface area contributed by atoms with E-state index in [0.717, 1.165) is 12.2 Å². The van der Waals surface area contributed by atoms with Crippen LogP contribution in [0.5, 0.6) is 0 Å². The van der Waals surface area contributed by atoms with Crippen LogP contribution in [0.15, 0.2) is 48.5 Å². The highest BCUT2D eigenvalue weighted by Gasteiger charge is 2.34. The molecule has 0 radical (unpaired) electrons. The molecule has 0 aliphatic heterocycles. The normalized spacial score (nSPS) is 14.8. The Hall–Kier alpha value is -2.46. The van der Waals surface area contributed by atoms with Gasteiger partial charge in [-0.1, -0.05) is 38.1 Å². The lowest BCUT2D eigenvalue weighted by molar-refractivity contribution is -0.916. The number of hydrogen-bond acceptors (Lipinski definition) is 2. The van der Waals surface area contributed by atoms with Gasteiger partial charge in [-0.15, -0.1) is 0 Å². The number of benzene rings is 2. The van der Waals surface area contributed by atoms with E-state index in [1.165, 1.54) is 35.8 Å². The lowest BCUT2D eigenvalue weighted by Gasteiger charge is -2.19. The van der Waals surface area contributed by atoms with Gasteiger partial charge in [0.15, 0.2) is 12.3 Å². The molecule has 142 valence electrons. The number of carbonyl (C=O) groups is 2. The molecule has 2 aromatic carbocycles. The molecule has 4 nitrogen and oxygen atoms in total. The van der Waals surface area contributed by atoms with Gasteiger partial charge in [-0.3, -0.25) is 9.59 Å². The molecule has 4 heteroatoms. The van der Waals surface area contributed by atoms with Gasteiger partial charge in [0, 0.05) is 29.7 Å². The van der Waals surface area contributed by atoms with Gasteiger partial charge in [0.25, 0.3) is 5.91 Å². The maximum Gasteiger partial charge on any atom is 0.279 e. The largest absolute Gasteiger partial charge is 0.321 e. The Labute approximate surface area is 161 Å². The fourth-order valence-corrected chi connectivity index (χ4v) is 3.33. The van der Waals surface area contributed by atoms with Gasteiger partial charge in [0.05, 0.1) is 6.04 Å². The average molecular weight is 365 g/mol. The first-order chi connectivity index (χ1) is 12.9. The Bertz CT molecular complexity index is 790. The van der Waals surface area contributed by atoms with Gasteiger partial charge in [0.1, 0.15) is 6.54 Å². The van der Waals surface area contributed by atoms with E-state index in [1.807, 2.05) is 0 Å². The molecule has 0 aromatic heterocycles. The van der Waals surface area contributed by atoms with Crippen molar-refractivity contribution >= 4 is 17.4 Å². The highest BCUT2D eigenvalue weighted by molar-refractivity contribution is 5.95. The van der Waals surface area contributed by atoms with E-state index < -0.39 is 0 Å². The zero-order chi connectivity index (χ0) is 19.4. The zero-order valence-corrected chi connectivity index (χ0v) is 16.4. The van der Waals surface area contributed by atoms with Crippen LogP contribution in [0.3, 0.4) is 0 Å². The van der Waals surface area contributed by atoms with E-state index in [4.69, 9.17) is 0 Å². The summed E-state index contributed by atoms with van der Waals surface area (Å²) in [5.41, 5.74) is 4.02. The van der Waals surface area contributed by atoms with Crippen LogP contribution in [0.4, 0.5) is 5.69 Å². The summed E-state index contributed by atoms with van der Waals surface area (Å²) in [7, 11) is 0. The molecule has 3 rings (SSSR count). The van der Waals surface area contributed by atoms with Crippen LogP contribution >= 0.6 is 0 Å². The van der Waals surface area contributed by atoms with Gasteiger partial charge in [-0.2, -0.15) is 0 Å². The molecule has 0 bridgehead atoms. The minimum absolute atomic E-state index is 0.0197. The highest BCUT2D eigenvalue weighted by Crippen LogP contribution is 2.17. The second kappa shape index (κ2) is 8.49. The molecular formula is C23H29N2O2+. The SMILES string of the molecule is CC(=O)c1ccc(NC(=O)C[NH+](Cc2ccc(C(C)C)cc2)C2CC2)cc1. The summed E-state index contributed by atoms with van der Waals surface area (Å²) in [6.45, 7) is 7.27. The van der Waals surface area contributed by atoms with Crippen LogP contribution in [-0.4, -0.2) is 24.3 Å². The van der Waals surface area contributed by atoms with Crippen molar-refractivity contribution in [1.29, 1.82) is 0 Å². The third kappa shape index (κ3) is 5.51. The number of Topliss-reactive ketones (excluding diaryl/α,β-unsaturated/α-hetero) is 1. The number of anilines is 1. The molecule has 1 atom stereocenters. The van der Waals surface area contributed by atoms with E-state index in [0.29, 0.717) is 24.1 Å². The number of amides is 1. The topological polar surface area (TPSA) is 50.6 Å². The Morgan fingerprint density at radius 3 is 2.19 bits per heavy atom. The fourth-order valence-electron chi connectivity index (χ4n) is 3.33. The first kappa shape index (κ1) is 19.3. The maximum atomic E-state index is 12.5. The van der Waals surface area contributed by atoms with Gasteiger partial charge in [-0.25, -0.2) is 0 Å². The van der Waals surface area contributed by atoms with Crippen molar-refractivity contribution in [2.45, 2.75) is 52.1 Å². The van der Waals surface area contributed by atoms with E-state index in [-0.39, 0.29) is 11.7 Å². The van der Waals surface area contributed by atoms with E-state index in [1.54, 1.807) is 24.3 Å². The van der Waals surface area contributed by atoms with Gasteiger partial charge in [0.2, 0.25) is 0 Å². The molecule has 0 heterocycles. The van der Waals surface area contributed by atoms with Crippen LogP contribution in [0.25, 0.3) is 0 Å². The second-order valence-electron chi connectivity index (χ2n) is 7.86. The third-order valence-electron chi connectivity index (χ3n) is 5.20. The van der Waals surface area contributed by atoms with Crippen molar-refractivity contribution < 1.29 is 14.5 Å². The summed E-state index contributed by atoms with van der Waals surface area (Å²) in [5, 5.41) is 2.96. The minimum Gasteiger partial charge on any atom is -0.321 e. The summed E-state index contributed by atoms with van der Waals surface area (Å²) in [6, 6.07) is 16.4. The lowest BCUT2D eigenvalue weighted by atomic mass is 10.0. The molecular weight excluding hydrogens is 336 g/mol. The number of nitrogens with one attached hydrogen (secondary N) is 2.